The Morgan fingerprint density at radius 1 is 0.302 bits per heavy atom. The molecule has 0 fully saturated rings. The summed E-state index contributed by atoms with van der Waals surface area (Å²) in [6.45, 7) is 0.192. The van der Waals surface area contributed by atoms with E-state index < -0.39 is 23.0 Å². The monoisotopic (exact) mass is 909 g/mol. The van der Waals surface area contributed by atoms with Gasteiger partial charge in [-0.25, -0.2) is 0 Å². The van der Waals surface area contributed by atoms with Crippen LogP contribution in [0, 0.1) is 0 Å². The van der Waals surface area contributed by atoms with Gasteiger partial charge in [0, 0.05) is 19.8 Å². The van der Waals surface area contributed by atoms with Crippen LogP contribution in [0.1, 0.15) is 55.2 Å². The quantitative estimate of drug-likeness (QED) is 0.0398. The minimum absolute atomic E-state index is 0.0640. The van der Waals surface area contributed by atoms with Crippen molar-refractivity contribution in [2.45, 2.75) is 57.8 Å². The topological polar surface area (TPSA) is 153 Å². The van der Waals surface area contributed by atoms with Crippen LogP contribution < -0.4 is 27.1 Å². The zero-order valence-corrected chi connectivity index (χ0v) is 37.7. The van der Waals surface area contributed by atoms with Crippen molar-refractivity contribution in [3.63, 3.8) is 0 Å². The van der Waals surface area contributed by atoms with Gasteiger partial charge in [0.1, 0.15) is 34.5 Å². The van der Waals surface area contributed by atoms with Gasteiger partial charge in [-0.1, -0.05) is 123 Å². The van der Waals surface area contributed by atoms with Gasteiger partial charge < -0.3 is 42.5 Å². The summed E-state index contributed by atoms with van der Waals surface area (Å²) < 4.78 is 59.0. The van der Waals surface area contributed by atoms with Gasteiger partial charge in [-0.15, -0.1) is 0 Å². The zero-order chi connectivity index (χ0) is 43.6. The predicted molar refractivity (Wildman–Crippen MR) is 251 cm³/mol. The molecule has 0 aromatic heterocycles. The molecule has 0 radical (unpaired) electrons. The lowest BCUT2D eigenvalue weighted by Gasteiger charge is -2.34. The van der Waals surface area contributed by atoms with Crippen LogP contribution in [0.25, 0.3) is 0 Å². The molecule has 7 rings (SSSR count). The second kappa shape index (κ2) is 22.9. The van der Waals surface area contributed by atoms with Crippen LogP contribution in [0.3, 0.4) is 0 Å². The fourth-order valence-corrected chi connectivity index (χ4v) is 15.9. The smallest absolute Gasteiger partial charge is 0.413 e. The number of aryl methyl sites for hydroxylation is 3. The molecular formula is C48H54N3O9P3. The Balaban J connectivity index is 1.56. The van der Waals surface area contributed by atoms with E-state index in [1.54, 1.807) is 36.4 Å². The fraction of sp³-hybridized carbons (Fsp3) is 0.250. The van der Waals surface area contributed by atoms with E-state index in [0.717, 1.165) is 16.7 Å². The first kappa shape index (κ1) is 45.7. The number of unbranched alkanes of at least 4 members (excludes halogenated alkanes) is 3. The lowest BCUT2D eigenvalue weighted by atomic mass is 10.1. The van der Waals surface area contributed by atoms with Crippen LogP contribution in [0.15, 0.2) is 177 Å². The Kier molecular flexibility index (Phi) is 16.6. The Morgan fingerprint density at radius 3 is 0.825 bits per heavy atom. The van der Waals surface area contributed by atoms with Crippen LogP contribution in [0.5, 0.6) is 34.5 Å². The van der Waals surface area contributed by atoms with Crippen LogP contribution in [-0.2, 0) is 19.3 Å². The van der Waals surface area contributed by atoms with Gasteiger partial charge in [0.25, 0.3) is 0 Å². The van der Waals surface area contributed by atoms with E-state index >= 15 is 0 Å². The molecular weight excluding hydrogens is 855 g/mol. The third kappa shape index (κ3) is 12.9. The normalized spacial score (nSPS) is 19.1. The van der Waals surface area contributed by atoms with Crippen molar-refractivity contribution < 1.29 is 42.5 Å². The maximum Gasteiger partial charge on any atom is 0.460 e. The predicted octanol–water partition coefficient (Wildman–Crippen LogP) is 13.3. The van der Waals surface area contributed by atoms with E-state index in [9.17, 15) is 15.3 Å². The molecule has 6 aromatic carbocycles. The van der Waals surface area contributed by atoms with E-state index in [1.807, 2.05) is 127 Å². The lowest BCUT2D eigenvalue weighted by Crippen LogP contribution is -2.12. The average Bonchev–Trinajstić information content (AvgIpc) is 3.29. The van der Waals surface area contributed by atoms with Gasteiger partial charge in [0.15, 0.2) is 0 Å². The van der Waals surface area contributed by atoms with Gasteiger partial charge in [-0.05, 0) is 129 Å². The molecule has 0 bridgehead atoms. The number of benzene rings is 6. The molecule has 0 saturated carbocycles. The average molecular weight is 910 g/mol. The second-order valence-corrected chi connectivity index (χ2v) is 20.8. The highest BCUT2D eigenvalue weighted by Crippen LogP contribution is 2.79. The summed E-state index contributed by atoms with van der Waals surface area (Å²) >= 11 is 0. The van der Waals surface area contributed by atoms with Crippen LogP contribution >= 0.6 is 23.0 Å². The summed E-state index contributed by atoms with van der Waals surface area (Å²) in [6, 6.07) is 50.6. The number of hydrogen-bond acceptors (Lipinski definition) is 12. The molecule has 63 heavy (non-hydrogen) atoms. The molecule has 15 heteroatoms. The first-order valence-electron chi connectivity index (χ1n) is 21.2. The van der Waals surface area contributed by atoms with Crippen molar-refractivity contribution >= 4 is 23.0 Å². The molecule has 6 aromatic rings. The Morgan fingerprint density at radius 2 is 0.556 bits per heavy atom. The SMILES string of the molecule is OCCCCc1ccccc1OP1(Oc2ccccc2)=NP(Oc2ccccc2)(Oc2ccccc2CCCCO)=NP(Oc2ccccc2)(Oc2ccccc2CCCCO)=N1. The van der Waals surface area contributed by atoms with Crippen molar-refractivity contribution in [3.8, 4) is 34.5 Å². The minimum atomic E-state index is -4.13. The highest BCUT2D eigenvalue weighted by Gasteiger charge is 2.49. The van der Waals surface area contributed by atoms with Gasteiger partial charge in [-0.2, -0.15) is 0 Å². The Labute approximate surface area is 370 Å². The standard InChI is InChI=1S/C48H54N3O9P3/c52-37-19-16-25-40-22-10-13-34-46(40)58-61(55-43-28-4-1-5-29-43)49-62(56-44-30-6-2-7-31-44,59-47-35-14-11-23-41(47)26-17-20-38-53)51-63(50-61,57-45-32-8-3-9-33-45)60-48-36-15-12-24-42(48)27-18-21-39-54/h1-15,22-24,28-36,52-54H,16-21,25-27,37-39H2. The maximum absolute atomic E-state index is 9.68. The molecule has 1 heterocycles. The molecule has 0 unspecified atom stereocenters. The van der Waals surface area contributed by atoms with E-state index in [-0.39, 0.29) is 19.8 Å². The third-order valence-electron chi connectivity index (χ3n) is 9.71. The second-order valence-electron chi connectivity index (χ2n) is 14.6. The molecule has 0 spiro atoms. The minimum Gasteiger partial charge on any atom is -0.413 e. The van der Waals surface area contributed by atoms with Gasteiger partial charge >= 0.3 is 23.0 Å². The lowest BCUT2D eigenvalue weighted by molar-refractivity contribution is 0.284. The summed E-state index contributed by atoms with van der Waals surface area (Å²) in [5.74, 6) is 2.67. The highest BCUT2D eigenvalue weighted by molar-refractivity contribution is 7.79. The van der Waals surface area contributed by atoms with E-state index in [1.165, 1.54) is 0 Å². The molecule has 12 nitrogen and oxygen atoms in total. The Bertz CT molecular complexity index is 2230. The molecule has 0 amide bonds. The molecule has 0 atom stereocenters. The molecule has 0 aliphatic carbocycles. The number of hydrogen-bond donors (Lipinski definition) is 3. The largest absolute Gasteiger partial charge is 0.460 e. The van der Waals surface area contributed by atoms with E-state index in [2.05, 4.69) is 0 Å². The molecule has 0 saturated heterocycles. The molecule has 1 aliphatic rings. The number of nitrogens with zero attached hydrogens (tertiary/aromatic N) is 3. The van der Waals surface area contributed by atoms with Gasteiger partial charge in [0.05, 0.1) is 0 Å². The van der Waals surface area contributed by atoms with Gasteiger partial charge in [0.2, 0.25) is 0 Å². The summed E-state index contributed by atoms with van der Waals surface area (Å²) in [7, 11) is -12.4. The Hall–Kier alpha value is -5.31. The van der Waals surface area contributed by atoms with Crippen molar-refractivity contribution in [3.05, 3.63) is 180 Å². The van der Waals surface area contributed by atoms with Crippen molar-refractivity contribution in [1.82, 2.24) is 0 Å². The van der Waals surface area contributed by atoms with Crippen molar-refractivity contribution in [2.75, 3.05) is 19.8 Å². The van der Waals surface area contributed by atoms with E-state index in [4.69, 9.17) is 40.7 Å². The summed E-state index contributed by atoms with van der Waals surface area (Å²) in [4.78, 5) is 0. The van der Waals surface area contributed by atoms with Gasteiger partial charge in [-0.3, -0.25) is 0 Å². The number of aliphatic hydroxyl groups is 3. The molecule has 3 N–H and O–H groups in total. The molecule has 330 valence electrons. The number of aliphatic hydroxyl groups excluding tert-OH is 3. The van der Waals surface area contributed by atoms with Crippen molar-refractivity contribution in [1.29, 1.82) is 0 Å². The molecule has 1 aliphatic heterocycles. The summed E-state index contributed by atoms with van der Waals surface area (Å²) in [6.07, 6.45) is 5.76. The van der Waals surface area contributed by atoms with Crippen LogP contribution in [0.2, 0.25) is 0 Å². The summed E-state index contributed by atoms with van der Waals surface area (Å²) in [5, 5.41) is 29.0. The number of para-hydroxylation sites is 6. The van der Waals surface area contributed by atoms with Crippen LogP contribution in [-0.4, -0.2) is 35.1 Å². The first-order chi connectivity index (χ1) is 30.9. The van der Waals surface area contributed by atoms with Crippen LogP contribution in [0.4, 0.5) is 0 Å². The summed E-state index contributed by atoms with van der Waals surface area (Å²) in [5.41, 5.74) is 2.59. The first-order valence-corrected chi connectivity index (χ1v) is 25.8. The number of rotatable bonds is 24. The fourth-order valence-electron chi connectivity index (χ4n) is 6.68. The highest BCUT2D eigenvalue weighted by atomic mass is 31.3. The maximum atomic E-state index is 9.68. The van der Waals surface area contributed by atoms with Crippen molar-refractivity contribution in [2.24, 2.45) is 13.5 Å². The third-order valence-corrected chi connectivity index (χ3v) is 17.8. The van der Waals surface area contributed by atoms with E-state index in [0.29, 0.717) is 92.3 Å². The zero-order valence-electron chi connectivity index (χ0n) is 35.0.